The quantitative estimate of drug-likeness (QED) is 0.154. The number of esters is 1. The number of aliphatic carboxylic acids is 1. The highest BCUT2D eigenvalue weighted by Crippen LogP contribution is 2.42. The van der Waals surface area contributed by atoms with E-state index in [0.29, 0.717) is 54.5 Å². The maximum Gasteiger partial charge on any atom is 0.338 e. The third-order valence-electron chi connectivity index (χ3n) is 6.54. The lowest BCUT2D eigenvalue weighted by atomic mass is 9.81. The summed E-state index contributed by atoms with van der Waals surface area (Å²) in [5, 5.41) is 13.9. The van der Waals surface area contributed by atoms with E-state index in [4.69, 9.17) is 27.2 Å². The zero-order chi connectivity index (χ0) is 28.8. The predicted molar refractivity (Wildman–Crippen MR) is 148 cm³/mol. The number of carboxylic acid groups (broad SMARTS) is 1. The second-order valence-electron chi connectivity index (χ2n) is 9.18. The van der Waals surface area contributed by atoms with Crippen LogP contribution in [0.4, 0.5) is 8.78 Å². The fraction of sp³-hybridized carbons (Fsp3) is 0.370. The van der Waals surface area contributed by atoms with Crippen LogP contribution in [0, 0.1) is 17.6 Å². The van der Waals surface area contributed by atoms with Crippen molar-refractivity contribution in [3.8, 4) is 0 Å². The van der Waals surface area contributed by atoms with Gasteiger partial charge in [0.25, 0.3) is 0 Å². The minimum Gasteiger partial charge on any atom is -0.481 e. The summed E-state index contributed by atoms with van der Waals surface area (Å²) in [6, 6.07) is 1.17. The van der Waals surface area contributed by atoms with E-state index in [-0.39, 0.29) is 30.1 Å². The average Bonchev–Trinajstić information content (AvgIpc) is 3.47. The summed E-state index contributed by atoms with van der Waals surface area (Å²) in [6.07, 6.45) is 5.18. The third-order valence-corrected chi connectivity index (χ3v) is 7.70. The fourth-order valence-electron chi connectivity index (χ4n) is 4.61. The average molecular weight is 592 g/mol. The number of allylic oxidation sites excluding steroid dienone is 3. The molecule has 1 aliphatic carbocycles. The number of nitrogens with two attached hydrogens (primary N) is 1. The molecule has 2 atom stereocenters. The Kier molecular flexibility index (Phi) is 9.64. The number of carboxylic acids is 1. The van der Waals surface area contributed by atoms with Gasteiger partial charge in [0.2, 0.25) is 0 Å². The number of rotatable bonds is 10. The minimum atomic E-state index is -1.23. The second kappa shape index (κ2) is 13.1. The molecule has 2 heterocycles. The molecular weight excluding hydrogens is 564 g/mol. The van der Waals surface area contributed by atoms with Crippen molar-refractivity contribution in [2.75, 3.05) is 13.2 Å². The SMILES string of the molecule is CCOC(=O)C1=C(C2CCC(N)=C(C=NCCCC(=O)O)C2)NC(c2nccs2)=NC1c1ccc(F)c(F)c1Cl. The number of amidine groups is 1. The molecule has 0 saturated carbocycles. The smallest absolute Gasteiger partial charge is 0.338 e. The Hall–Kier alpha value is -3.64. The number of aromatic nitrogens is 1. The van der Waals surface area contributed by atoms with Gasteiger partial charge in [-0.05, 0) is 44.2 Å². The normalized spacial score (nSPS) is 19.6. The molecule has 4 N–H and O–H groups in total. The number of nitrogens with one attached hydrogen (secondary N) is 1. The minimum absolute atomic E-state index is 0.0149. The third kappa shape index (κ3) is 6.56. The van der Waals surface area contributed by atoms with Crippen molar-refractivity contribution in [3.05, 3.63) is 73.5 Å². The van der Waals surface area contributed by atoms with Crippen LogP contribution >= 0.6 is 22.9 Å². The second-order valence-corrected chi connectivity index (χ2v) is 10.5. The van der Waals surface area contributed by atoms with Gasteiger partial charge in [0, 0.05) is 53.6 Å². The predicted octanol–water partition coefficient (Wildman–Crippen LogP) is 4.93. The van der Waals surface area contributed by atoms with Crippen molar-refractivity contribution in [3.63, 3.8) is 0 Å². The highest BCUT2D eigenvalue weighted by Gasteiger charge is 2.38. The first-order valence-electron chi connectivity index (χ1n) is 12.7. The first kappa shape index (κ1) is 29.3. The number of hydrogen-bond donors (Lipinski definition) is 3. The van der Waals surface area contributed by atoms with Crippen molar-refractivity contribution < 1.29 is 28.2 Å². The number of ether oxygens (including phenoxy) is 1. The number of aliphatic imine (C=N–C) groups is 2. The van der Waals surface area contributed by atoms with Gasteiger partial charge in [0.05, 0.1) is 17.2 Å². The van der Waals surface area contributed by atoms with E-state index in [9.17, 15) is 18.4 Å². The molecule has 9 nitrogen and oxygen atoms in total. The molecular formula is C27H28ClF2N5O4S. The van der Waals surface area contributed by atoms with E-state index in [2.05, 4.69) is 20.3 Å². The van der Waals surface area contributed by atoms with Crippen LogP contribution in [0.3, 0.4) is 0 Å². The maximum atomic E-state index is 14.6. The van der Waals surface area contributed by atoms with Crippen molar-refractivity contribution in [1.82, 2.24) is 10.3 Å². The molecule has 0 bridgehead atoms. The number of benzene rings is 1. The highest BCUT2D eigenvalue weighted by atomic mass is 35.5. The largest absolute Gasteiger partial charge is 0.481 e. The Morgan fingerprint density at radius 2 is 2.17 bits per heavy atom. The van der Waals surface area contributed by atoms with E-state index < -0.39 is 34.6 Å². The van der Waals surface area contributed by atoms with Crippen LogP contribution in [-0.2, 0) is 14.3 Å². The van der Waals surface area contributed by atoms with Gasteiger partial charge in [-0.2, -0.15) is 0 Å². The summed E-state index contributed by atoms with van der Waals surface area (Å²) in [4.78, 5) is 37.5. The number of carbonyl (C=O) groups is 2. The molecule has 0 spiro atoms. The summed E-state index contributed by atoms with van der Waals surface area (Å²) in [6.45, 7) is 2.09. The van der Waals surface area contributed by atoms with Crippen LogP contribution in [0.2, 0.25) is 5.02 Å². The van der Waals surface area contributed by atoms with Gasteiger partial charge >= 0.3 is 11.9 Å². The van der Waals surface area contributed by atoms with Gasteiger partial charge in [0.15, 0.2) is 22.5 Å². The van der Waals surface area contributed by atoms with E-state index in [1.54, 1.807) is 24.7 Å². The van der Waals surface area contributed by atoms with Crippen molar-refractivity contribution >= 4 is 46.9 Å². The first-order chi connectivity index (χ1) is 19.2. The lowest BCUT2D eigenvalue weighted by Crippen LogP contribution is -2.38. The van der Waals surface area contributed by atoms with Crippen LogP contribution < -0.4 is 11.1 Å². The number of carbonyl (C=O) groups excluding carboxylic acids is 1. The summed E-state index contributed by atoms with van der Waals surface area (Å²) in [5.41, 5.74) is 8.47. The Morgan fingerprint density at radius 1 is 1.38 bits per heavy atom. The molecule has 1 aromatic carbocycles. The Morgan fingerprint density at radius 3 is 2.88 bits per heavy atom. The first-order valence-corrected chi connectivity index (χ1v) is 13.9. The zero-order valence-corrected chi connectivity index (χ0v) is 23.2. The lowest BCUT2D eigenvalue weighted by Gasteiger charge is -2.33. The van der Waals surface area contributed by atoms with Crippen molar-refractivity contribution in [2.45, 2.75) is 45.1 Å². The summed E-state index contributed by atoms with van der Waals surface area (Å²) >= 11 is 7.58. The maximum absolute atomic E-state index is 14.6. The molecule has 212 valence electrons. The van der Waals surface area contributed by atoms with Crippen molar-refractivity contribution in [1.29, 1.82) is 0 Å². The highest BCUT2D eigenvalue weighted by molar-refractivity contribution is 7.11. The number of thiazole rings is 1. The van der Waals surface area contributed by atoms with E-state index in [1.807, 2.05) is 0 Å². The zero-order valence-electron chi connectivity index (χ0n) is 21.6. The summed E-state index contributed by atoms with van der Waals surface area (Å²) < 4.78 is 33.9. The Bertz CT molecular complexity index is 1410. The molecule has 2 aromatic rings. The van der Waals surface area contributed by atoms with Crippen LogP contribution in [0.15, 0.2) is 56.2 Å². The number of halogens is 3. The molecule has 1 aliphatic heterocycles. The molecule has 1 aromatic heterocycles. The molecule has 0 amide bonds. The molecule has 0 radical (unpaired) electrons. The number of nitrogens with zero attached hydrogens (tertiary/aromatic N) is 3. The standard InChI is InChI=1S/C27H28ClF2N5O4S/c1-2-39-27(38)20-23(14-5-8-18(31)15(12-14)13-32-9-3-4-19(36)37)34-25(26-33-10-11-40-26)35-24(20)16-6-7-17(29)22(30)21(16)28/h6-7,10-11,13-14,24H,2-5,8-9,12,31H2,1H3,(H,34,35)(H,36,37). The molecule has 0 saturated heterocycles. The van der Waals surface area contributed by atoms with Crippen molar-refractivity contribution in [2.24, 2.45) is 21.6 Å². The van der Waals surface area contributed by atoms with Gasteiger partial charge in [-0.25, -0.2) is 18.6 Å². The molecule has 40 heavy (non-hydrogen) atoms. The number of hydrogen-bond acceptors (Lipinski definition) is 9. The molecule has 4 rings (SSSR count). The van der Waals surface area contributed by atoms with Gasteiger partial charge in [-0.1, -0.05) is 17.7 Å². The van der Waals surface area contributed by atoms with Gasteiger partial charge < -0.3 is 20.9 Å². The molecule has 2 aliphatic rings. The summed E-state index contributed by atoms with van der Waals surface area (Å²) in [7, 11) is 0. The Balaban J connectivity index is 1.77. The molecule has 2 unspecified atom stereocenters. The van der Waals surface area contributed by atoms with Crippen LogP contribution in [0.1, 0.15) is 55.6 Å². The lowest BCUT2D eigenvalue weighted by molar-refractivity contribution is -0.139. The van der Waals surface area contributed by atoms with Gasteiger partial charge in [0.1, 0.15) is 6.04 Å². The monoisotopic (exact) mass is 591 g/mol. The molecule has 13 heteroatoms. The van der Waals surface area contributed by atoms with Gasteiger partial charge in [-0.15, -0.1) is 11.3 Å². The Labute approximate surface area is 238 Å². The van der Waals surface area contributed by atoms with Crippen LogP contribution in [0.5, 0.6) is 0 Å². The van der Waals surface area contributed by atoms with E-state index in [1.165, 1.54) is 17.4 Å². The molecule has 0 fully saturated rings. The van der Waals surface area contributed by atoms with Gasteiger partial charge in [-0.3, -0.25) is 14.8 Å². The van der Waals surface area contributed by atoms with Crippen LogP contribution in [-0.4, -0.2) is 47.2 Å². The topological polar surface area (TPSA) is 139 Å². The van der Waals surface area contributed by atoms with E-state index >= 15 is 0 Å². The van der Waals surface area contributed by atoms with E-state index in [0.717, 1.165) is 11.6 Å². The van der Waals surface area contributed by atoms with Crippen LogP contribution in [0.25, 0.3) is 0 Å². The fourth-order valence-corrected chi connectivity index (χ4v) is 5.46. The summed E-state index contributed by atoms with van der Waals surface area (Å²) in [5.74, 6) is -3.80.